The first-order chi connectivity index (χ1) is 9.15. The summed E-state index contributed by atoms with van der Waals surface area (Å²) >= 11 is 0. The van der Waals surface area contributed by atoms with Crippen molar-refractivity contribution in [2.45, 2.75) is 18.9 Å². The Kier molecular flexibility index (Phi) is 4.87. The molecule has 2 N–H and O–H groups in total. The Morgan fingerprint density at radius 1 is 1.42 bits per heavy atom. The SMILES string of the molecule is O=C(NCC(O)COCC1CC1)c1ccc(F)cc1. The molecular weight excluding hydrogens is 249 g/mol. The van der Waals surface area contributed by atoms with Crippen LogP contribution in [0.25, 0.3) is 0 Å². The molecule has 1 atom stereocenters. The Hall–Kier alpha value is -1.46. The second kappa shape index (κ2) is 6.63. The molecule has 104 valence electrons. The van der Waals surface area contributed by atoms with Gasteiger partial charge in [0.05, 0.1) is 12.7 Å². The van der Waals surface area contributed by atoms with Gasteiger partial charge >= 0.3 is 0 Å². The average molecular weight is 267 g/mol. The van der Waals surface area contributed by atoms with Gasteiger partial charge in [-0.25, -0.2) is 4.39 Å². The van der Waals surface area contributed by atoms with E-state index in [1.165, 1.54) is 37.1 Å². The minimum atomic E-state index is -0.719. The molecule has 0 radical (unpaired) electrons. The molecule has 0 heterocycles. The van der Waals surface area contributed by atoms with Crippen LogP contribution in [0.1, 0.15) is 23.2 Å². The van der Waals surface area contributed by atoms with Gasteiger partial charge in [0.1, 0.15) is 5.82 Å². The van der Waals surface area contributed by atoms with Crippen molar-refractivity contribution in [3.8, 4) is 0 Å². The van der Waals surface area contributed by atoms with Gasteiger partial charge in [0.25, 0.3) is 5.91 Å². The molecule has 1 fully saturated rings. The van der Waals surface area contributed by atoms with Crippen molar-refractivity contribution in [3.63, 3.8) is 0 Å². The molecule has 1 unspecified atom stereocenters. The predicted molar refractivity (Wildman–Crippen MR) is 68.3 cm³/mol. The lowest BCUT2D eigenvalue weighted by atomic mass is 10.2. The third kappa shape index (κ3) is 4.96. The lowest BCUT2D eigenvalue weighted by Gasteiger charge is -2.12. The van der Waals surface area contributed by atoms with Gasteiger partial charge in [-0.3, -0.25) is 4.79 Å². The standard InChI is InChI=1S/C14H18FNO3/c15-12-5-3-11(4-6-12)14(18)16-7-13(17)9-19-8-10-1-2-10/h3-6,10,13,17H,1-2,7-9H2,(H,16,18). The smallest absolute Gasteiger partial charge is 0.251 e. The van der Waals surface area contributed by atoms with Crippen LogP contribution in [0.2, 0.25) is 0 Å². The average Bonchev–Trinajstić information content (AvgIpc) is 3.21. The Labute approximate surface area is 111 Å². The maximum Gasteiger partial charge on any atom is 0.251 e. The predicted octanol–water partition coefficient (Wildman–Crippen LogP) is 1.34. The number of hydrogen-bond donors (Lipinski definition) is 2. The second-order valence-corrected chi connectivity index (χ2v) is 4.85. The molecule has 0 aliphatic heterocycles. The Morgan fingerprint density at radius 2 is 2.11 bits per heavy atom. The fraction of sp³-hybridized carbons (Fsp3) is 0.500. The molecule has 1 aromatic carbocycles. The Bertz CT molecular complexity index is 417. The molecular formula is C14H18FNO3. The number of nitrogens with one attached hydrogen (secondary N) is 1. The summed E-state index contributed by atoms with van der Waals surface area (Å²) in [6.07, 6.45) is 1.69. The number of aliphatic hydroxyl groups excluding tert-OH is 1. The van der Waals surface area contributed by atoms with E-state index in [4.69, 9.17) is 4.74 Å². The van der Waals surface area contributed by atoms with Gasteiger partial charge in [0.2, 0.25) is 0 Å². The monoisotopic (exact) mass is 267 g/mol. The van der Waals surface area contributed by atoms with Crippen LogP contribution < -0.4 is 5.32 Å². The van der Waals surface area contributed by atoms with Gasteiger partial charge in [-0.15, -0.1) is 0 Å². The highest BCUT2D eigenvalue weighted by Crippen LogP contribution is 2.28. The fourth-order valence-corrected chi connectivity index (χ4v) is 1.63. The summed E-state index contributed by atoms with van der Waals surface area (Å²) in [7, 11) is 0. The van der Waals surface area contributed by atoms with Crippen LogP contribution in [-0.4, -0.2) is 36.9 Å². The van der Waals surface area contributed by atoms with Crippen molar-refractivity contribution in [1.82, 2.24) is 5.32 Å². The normalized spacial score (nSPS) is 16.1. The van der Waals surface area contributed by atoms with Gasteiger partial charge in [0, 0.05) is 18.7 Å². The number of hydrogen-bond acceptors (Lipinski definition) is 3. The van der Waals surface area contributed by atoms with E-state index < -0.39 is 6.10 Å². The molecule has 1 saturated carbocycles. The summed E-state index contributed by atoms with van der Waals surface area (Å²) in [5.74, 6) is -0.0627. The summed E-state index contributed by atoms with van der Waals surface area (Å²) in [4.78, 5) is 11.7. The van der Waals surface area contributed by atoms with Crippen molar-refractivity contribution in [2.24, 2.45) is 5.92 Å². The Morgan fingerprint density at radius 3 is 2.74 bits per heavy atom. The molecule has 2 rings (SSSR count). The summed E-state index contributed by atoms with van der Waals surface area (Å²) in [5, 5.41) is 12.2. The third-order valence-corrected chi connectivity index (χ3v) is 2.97. The molecule has 0 aromatic heterocycles. The van der Waals surface area contributed by atoms with Crippen LogP contribution in [0.4, 0.5) is 4.39 Å². The quantitative estimate of drug-likeness (QED) is 0.784. The zero-order valence-corrected chi connectivity index (χ0v) is 10.6. The minimum Gasteiger partial charge on any atom is -0.389 e. The van der Waals surface area contributed by atoms with Crippen molar-refractivity contribution in [1.29, 1.82) is 0 Å². The van der Waals surface area contributed by atoms with Crippen molar-refractivity contribution in [2.75, 3.05) is 19.8 Å². The lowest BCUT2D eigenvalue weighted by molar-refractivity contribution is 0.0320. The fourth-order valence-electron chi connectivity index (χ4n) is 1.63. The first-order valence-electron chi connectivity index (χ1n) is 6.44. The molecule has 1 aromatic rings. The number of carbonyl (C=O) groups is 1. The first kappa shape index (κ1) is 14.0. The van der Waals surface area contributed by atoms with E-state index in [-0.39, 0.29) is 24.9 Å². The summed E-state index contributed by atoms with van der Waals surface area (Å²) < 4.78 is 18.0. The molecule has 0 spiro atoms. The maximum atomic E-state index is 12.7. The zero-order chi connectivity index (χ0) is 13.7. The summed E-state index contributed by atoms with van der Waals surface area (Å²) in [6.45, 7) is 1.03. The van der Waals surface area contributed by atoms with E-state index in [2.05, 4.69) is 5.32 Å². The number of halogens is 1. The molecule has 1 aliphatic carbocycles. The van der Waals surface area contributed by atoms with Gasteiger partial charge in [-0.1, -0.05) is 0 Å². The minimum absolute atomic E-state index is 0.126. The van der Waals surface area contributed by atoms with Crippen LogP contribution in [0, 0.1) is 11.7 Å². The number of amides is 1. The lowest BCUT2D eigenvalue weighted by Crippen LogP contribution is -2.34. The number of ether oxygens (including phenoxy) is 1. The number of aliphatic hydroxyl groups is 1. The van der Waals surface area contributed by atoms with Crippen molar-refractivity contribution >= 4 is 5.91 Å². The van der Waals surface area contributed by atoms with Crippen LogP contribution >= 0.6 is 0 Å². The Balaban J connectivity index is 1.65. The molecule has 1 aliphatic rings. The van der Waals surface area contributed by atoms with Gasteiger partial charge < -0.3 is 15.2 Å². The number of benzene rings is 1. The van der Waals surface area contributed by atoms with E-state index in [1.54, 1.807) is 0 Å². The highest BCUT2D eigenvalue weighted by molar-refractivity contribution is 5.94. The molecule has 5 heteroatoms. The van der Waals surface area contributed by atoms with Crippen LogP contribution in [0.5, 0.6) is 0 Å². The van der Waals surface area contributed by atoms with Crippen molar-refractivity contribution in [3.05, 3.63) is 35.6 Å². The highest BCUT2D eigenvalue weighted by Gasteiger charge is 2.21. The van der Waals surface area contributed by atoms with E-state index in [1.807, 2.05) is 0 Å². The summed E-state index contributed by atoms with van der Waals surface area (Å²) in [6, 6.07) is 5.26. The molecule has 0 bridgehead atoms. The summed E-state index contributed by atoms with van der Waals surface area (Å²) in [5.41, 5.74) is 0.368. The molecule has 4 nitrogen and oxygen atoms in total. The van der Waals surface area contributed by atoms with E-state index >= 15 is 0 Å². The van der Waals surface area contributed by atoms with E-state index in [0.717, 1.165) is 0 Å². The second-order valence-electron chi connectivity index (χ2n) is 4.85. The first-order valence-corrected chi connectivity index (χ1v) is 6.44. The largest absolute Gasteiger partial charge is 0.389 e. The number of rotatable bonds is 7. The van der Waals surface area contributed by atoms with Crippen molar-refractivity contribution < 1.29 is 19.0 Å². The highest BCUT2D eigenvalue weighted by atomic mass is 19.1. The van der Waals surface area contributed by atoms with Crippen LogP contribution in [0.3, 0.4) is 0 Å². The van der Waals surface area contributed by atoms with Crippen LogP contribution in [0.15, 0.2) is 24.3 Å². The van der Waals surface area contributed by atoms with E-state index in [0.29, 0.717) is 18.1 Å². The molecule has 1 amide bonds. The third-order valence-electron chi connectivity index (χ3n) is 2.97. The number of carbonyl (C=O) groups excluding carboxylic acids is 1. The van der Waals surface area contributed by atoms with Gasteiger partial charge in [-0.2, -0.15) is 0 Å². The zero-order valence-electron chi connectivity index (χ0n) is 10.6. The molecule has 0 saturated heterocycles. The van der Waals surface area contributed by atoms with E-state index in [9.17, 15) is 14.3 Å². The topological polar surface area (TPSA) is 58.6 Å². The van der Waals surface area contributed by atoms with Crippen LogP contribution in [-0.2, 0) is 4.74 Å². The molecule has 19 heavy (non-hydrogen) atoms. The van der Waals surface area contributed by atoms with Gasteiger partial charge in [0.15, 0.2) is 0 Å². The maximum absolute atomic E-state index is 12.7. The van der Waals surface area contributed by atoms with Gasteiger partial charge in [-0.05, 0) is 43.0 Å².